The van der Waals surface area contributed by atoms with Crippen molar-refractivity contribution < 1.29 is 9.90 Å². The van der Waals surface area contributed by atoms with Crippen LogP contribution < -0.4 is 5.32 Å². The second-order valence-corrected chi connectivity index (χ2v) is 8.22. The molecule has 1 atom stereocenters. The van der Waals surface area contributed by atoms with Crippen LogP contribution >= 0.6 is 46.1 Å². The van der Waals surface area contributed by atoms with Crippen LogP contribution in [0.4, 0.5) is 0 Å². The quantitative estimate of drug-likeness (QED) is 0.713. The maximum atomic E-state index is 12.4. The lowest BCUT2D eigenvalue weighted by molar-refractivity contribution is 0.0930. The third-order valence-corrected chi connectivity index (χ3v) is 6.49. The molecule has 0 fully saturated rings. The Labute approximate surface area is 165 Å². The second-order valence-electron chi connectivity index (χ2n) is 6.03. The van der Waals surface area contributed by atoms with E-state index in [4.69, 9.17) is 34.8 Å². The van der Waals surface area contributed by atoms with Gasteiger partial charge in [-0.2, -0.15) is 0 Å². The number of carbonyl (C=O) groups is 1. The standard InChI is InChI=1S/C17H17Cl3N2O2S/c1-9(22-4-2-13-10(8-22)3-5-25-13)7-21-17(24)14-15(20)11(18)6-12(19)16(14)23/h3,5-6,9,23H,2,4,7-8H2,1H3,(H,21,24). The number of hydrogen-bond acceptors (Lipinski definition) is 4. The Kier molecular flexibility index (Phi) is 5.81. The number of amides is 1. The average molecular weight is 420 g/mol. The SMILES string of the molecule is CC(CNC(=O)c1c(O)c(Cl)cc(Cl)c1Cl)N1CCc2sccc2C1. The van der Waals surface area contributed by atoms with Crippen LogP contribution in [-0.4, -0.2) is 35.0 Å². The van der Waals surface area contributed by atoms with Gasteiger partial charge in [-0.1, -0.05) is 34.8 Å². The summed E-state index contributed by atoms with van der Waals surface area (Å²) in [4.78, 5) is 16.2. The Morgan fingerprint density at radius 1 is 1.40 bits per heavy atom. The molecule has 3 rings (SSSR count). The second kappa shape index (κ2) is 7.72. The lowest BCUT2D eigenvalue weighted by Crippen LogP contribution is -2.44. The van der Waals surface area contributed by atoms with Crippen molar-refractivity contribution in [3.05, 3.63) is 48.6 Å². The minimum atomic E-state index is -0.494. The largest absolute Gasteiger partial charge is 0.505 e. The van der Waals surface area contributed by atoms with Crippen molar-refractivity contribution in [2.45, 2.75) is 25.9 Å². The normalized spacial score (nSPS) is 15.7. The molecule has 1 aliphatic heterocycles. The van der Waals surface area contributed by atoms with Gasteiger partial charge in [-0.05, 0) is 36.4 Å². The number of phenols is 1. The van der Waals surface area contributed by atoms with E-state index in [0.717, 1.165) is 19.5 Å². The van der Waals surface area contributed by atoms with Crippen molar-refractivity contribution in [1.29, 1.82) is 0 Å². The number of rotatable bonds is 4. The zero-order chi connectivity index (χ0) is 18.1. The number of fused-ring (bicyclic) bond motifs is 1. The van der Waals surface area contributed by atoms with Crippen molar-refractivity contribution >= 4 is 52.0 Å². The summed E-state index contributed by atoms with van der Waals surface area (Å²) in [6.07, 6.45) is 1.03. The van der Waals surface area contributed by atoms with Gasteiger partial charge in [0.25, 0.3) is 5.91 Å². The van der Waals surface area contributed by atoms with Crippen LogP contribution in [0, 0.1) is 0 Å². The number of carbonyl (C=O) groups excluding carboxylic acids is 1. The molecular weight excluding hydrogens is 403 g/mol. The molecule has 0 spiro atoms. The number of thiophene rings is 1. The Bertz CT molecular complexity index is 783. The van der Waals surface area contributed by atoms with Gasteiger partial charge in [0.1, 0.15) is 11.3 Å². The maximum Gasteiger partial charge on any atom is 0.256 e. The summed E-state index contributed by atoms with van der Waals surface area (Å²) in [6, 6.07) is 3.61. The average Bonchev–Trinajstić information content (AvgIpc) is 3.05. The molecule has 2 heterocycles. The maximum absolute atomic E-state index is 12.4. The molecular formula is C17H17Cl3N2O2S. The molecule has 1 aromatic heterocycles. The number of phenolic OH excluding ortho intramolecular Hbond substituents is 1. The van der Waals surface area contributed by atoms with Crippen LogP contribution in [0.1, 0.15) is 27.7 Å². The molecule has 0 aliphatic carbocycles. The first-order valence-corrected chi connectivity index (χ1v) is 9.83. The van der Waals surface area contributed by atoms with Gasteiger partial charge in [-0.3, -0.25) is 9.69 Å². The Balaban J connectivity index is 1.65. The van der Waals surface area contributed by atoms with Crippen molar-refractivity contribution in [3.8, 4) is 5.75 Å². The predicted molar refractivity (Wildman–Crippen MR) is 103 cm³/mol. The minimum Gasteiger partial charge on any atom is -0.505 e. The van der Waals surface area contributed by atoms with E-state index in [1.807, 2.05) is 0 Å². The van der Waals surface area contributed by atoms with Crippen LogP contribution in [-0.2, 0) is 13.0 Å². The summed E-state index contributed by atoms with van der Waals surface area (Å²) in [5.41, 5.74) is 1.27. The van der Waals surface area contributed by atoms with Gasteiger partial charge >= 0.3 is 0 Å². The Morgan fingerprint density at radius 2 is 2.16 bits per heavy atom. The Morgan fingerprint density at radius 3 is 2.92 bits per heavy atom. The van der Waals surface area contributed by atoms with E-state index < -0.39 is 5.91 Å². The van der Waals surface area contributed by atoms with Gasteiger partial charge in [-0.25, -0.2) is 0 Å². The van der Waals surface area contributed by atoms with Crippen molar-refractivity contribution in [2.24, 2.45) is 0 Å². The summed E-state index contributed by atoms with van der Waals surface area (Å²) in [5, 5.41) is 15.1. The van der Waals surface area contributed by atoms with Crippen molar-refractivity contribution in [2.75, 3.05) is 13.1 Å². The van der Waals surface area contributed by atoms with E-state index in [-0.39, 0.29) is 32.4 Å². The molecule has 2 aromatic rings. The highest BCUT2D eigenvalue weighted by Gasteiger charge is 2.24. The van der Waals surface area contributed by atoms with Gasteiger partial charge in [0, 0.05) is 30.6 Å². The molecule has 0 saturated heterocycles. The van der Waals surface area contributed by atoms with E-state index in [9.17, 15) is 9.90 Å². The molecule has 2 N–H and O–H groups in total. The third kappa shape index (κ3) is 3.91. The van der Waals surface area contributed by atoms with Gasteiger partial charge in [0.2, 0.25) is 0 Å². The Hall–Kier alpha value is -0.980. The van der Waals surface area contributed by atoms with Gasteiger partial charge in [0.05, 0.1) is 15.1 Å². The molecule has 1 aliphatic rings. The highest BCUT2D eigenvalue weighted by Crippen LogP contribution is 2.38. The summed E-state index contributed by atoms with van der Waals surface area (Å²) in [7, 11) is 0. The summed E-state index contributed by atoms with van der Waals surface area (Å²) in [6.45, 7) is 4.33. The number of nitrogens with one attached hydrogen (secondary N) is 1. The first-order valence-electron chi connectivity index (χ1n) is 7.82. The fraction of sp³-hybridized carbons (Fsp3) is 0.353. The van der Waals surface area contributed by atoms with Gasteiger partial charge < -0.3 is 10.4 Å². The van der Waals surface area contributed by atoms with E-state index in [1.165, 1.54) is 16.5 Å². The monoisotopic (exact) mass is 418 g/mol. The van der Waals surface area contributed by atoms with Crippen molar-refractivity contribution in [1.82, 2.24) is 10.2 Å². The highest BCUT2D eigenvalue weighted by atomic mass is 35.5. The molecule has 4 nitrogen and oxygen atoms in total. The minimum absolute atomic E-state index is 0.00499. The van der Waals surface area contributed by atoms with Crippen LogP contribution in [0.3, 0.4) is 0 Å². The lowest BCUT2D eigenvalue weighted by Gasteiger charge is -2.32. The number of nitrogens with zero attached hydrogens (tertiary/aromatic N) is 1. The van der Waals surface area contributed by atoms with E-state index in [2.05, 4.69) is 28.6 Å². The fourth-order valence-electron chi connectivity index (χ4n) is 2.90. The topological polar surface area (TPSA) is 52.6 Å². The molecule has 134 valence electrons. The van der Waals surface area contributed by atoms with Crippen LogP contribution in [0.25, 0.3) is 0 Å². The third-order valence-electron chi connectivity index (χ3n) is 4.39. The molecule has 25 heavy (non-hydrogen) atoms. The molecule has 0 radical (unpaired) electrons. The van der Waals surface area contributed by atoms with Crippen LogP contribution in [0.2, 0.25) is 15.1 Å². The van der Waals surface area contributed by atoms with Gasteiger partial charge in [0.15, 0.2) is 0 Å². The molecule has 0 saturated carbocycles. The predicted octanol–water partition coefficient (Wildman–Crippen LogP) is 4.59. The van der Waals surface area contributed by atoms with E-state index in [0.29, 0.717) is 6.54 Å². The number of halogens is 3. The zero-order valence-electron chi connectivity index (χ0n) is 13.5. The van der Waals surface area contributed by atoms with Crippen LogP contribution in [0.5, 0.6) is 5.75 Å². The number of hydrogen-bond donors (Lipinski definition) is 2. The van der Waals surface area contributed by atoms with E-state index >= 15 is 0 Å². The molecule has 1 unspecified atom stereocenters. The van der Waals surface area contributed by atoms with E-state index in [1.54, 1.807) is 11.3 Å². The fourth-order valence-corrected chi connectivity index (χ4v) is 4.48. The summed E-state index contributed by atoms with van der Waals surface area (Å²) < 4.78 is 0. The molecule has 8 heteroatoms. The summed E-state index contributed by atoms with van der Waals surface area (Å²) >= 11 is 19.7. The molecule has 1 aromatic carbocycles. The van der Waals surface area contributed by atoms with Gasteiger partial charge in [-0.15, -0.1) is 11.3 Å². The van der Waals surface area contributed by atoms with Crippen molar-refractivity contribution in [3.63, 3.8) is 0 Å². The lowest BCUT2D eigenvalue weighted by atomic mass is 10.1. The number of benzene rings is 1. The first-order chi connectivity index (χ1) is 11.9. The smallest absolute Gasteiger partial charge is 0.256 e. The summed E-state index contributed by atoms with van der Waals surface area (Å²) in [5.74, 6) is -0.853. The molecule has 0 bridgehead atoms. The van der Waals surface area contributed by atoms with Crippen LogP contribution in [0.15, 0.2) is 17.5 Å². The zero-order valence-corrected chi connectivity index (χ0v) is 16.6. The molecule has 1 amide bonds. The number of aromatic hydroxyl groups is 1. The highest BCUT2D eigenvalue weighted by molar-refractivity contribution is 7.10. The first kappa shape index (κ1) is 18.8.